The summed E-state index contributed by atoms with van der Waals surface area (Å²) in [7, 11) is 1.58. The molecule has 0 spiro atoms. The molecule has 0 bridgehead atoms. The van der Waals surface area contributed by atoms with Gasteiger partial charge < -0.3 is 23.7 Å². The minimum Gasteiger partial charge on any atom is -0.496 e. The van der Waals surface area contributed by atoms with Gasteiger partial charge in [0.05, 0.1) is 17.9 Å². The molecular formula is C34H46O8. The van der Waals surface area contributed by atoms with E-state index in [9.17, 15) is 14.4 Å². The van der Waals surface area contributed by atoms with E-state index in [1.54, 1.807) is 79.0 Å². The largest absolute Gasteiger partial charge is 0.496 e. The minimum atomic E-state index is -0.641. The van der Waals surface area contributed by atoms with Gasteiger partial charge in [-0.25, -0.2) is 0 Å². The smallest absolute Gasteiger partial charge is 0.314 e. The lowest BCUT2D eigenvalue weighted by atomic mass is 9.90. The zero-order valence-electron chi connectivity index (χ0n) is 26.9. The number of methoxy groups -OCH3 is 1. The Morgan fingerprint density at radius 1 is 0.762 bits per heavy atom. The highest BCUT2D eigenvalue weighted by Crippen LogP contribution is 2.44. The van der Waals surface area contributed by atoms with Crippen LogP contribution in [0.5, 0.6) is 17.2 Å². The number of hydrogen-bond acceptors (Lipinski definition) is 8. The molecule has 0 fully saturated rings. The molecule has 2 aromatic carbocycles. The van der Waals surface area contributed by atoms with Crippen LogP contribution in [0, 0.1) is 10.8 Å². The molecule has 0 heterocycles. The Hall–Kier alpha value is -3.81. The summed E-state index contributed by atoms with van der Waals surface area (Å²) in [5, 5.41) is 0. The van der Waals surface area contributed by atoms with Crippen LogP contribution in [0.1, 0.15) is 108 Å². The number of carbonyl (C=O) groups excluding carboxylic acids is 3. The minimum absolute atomic E-state index is 0.0186. The monoisotopic (exact) mass is 582 g/mol. The van der Waals surface area contributed by atoms with E-state index in [1.807, 2.05) is 33.8 Å². The number of allylic oxidation sites excluding steroid dienone is 1. The van der Waals surface area contributed by atoms with Gasteiger partial charge in [-0.05, 0) is 101 Å². The van der Waals surface area contributed by atoms with Crippen LogP contribution >= 0.6 is 0 Å². The fourth-order valence-electron chi connectivity index (χ4n) is 3.88. The number of rotatable bonds is 12. The molecule has 0 atom stereocenters. The molecule has 8 heteroatoms. The Morgan fingerprint density at radius 3 is 1.74 bits per heavy atom. The van der Waals surface area contributed by atoms with Crippen molar-refractivity contribution in [3.05, 3.63) is 58.7 Å². The van der Waals surface area contributed by atoms with Crippen molar-refractivity contribution in [3.63, 3.8) is 0 Å². The Morgan fingerprint density at radius 2 is 1.29 bits per heavy atom. The van der Waals surface area contributed by atoms with Gasteiger partial charge in [0.1, 0.15) is 17.2 Å². The molecule has 0 aromatic heterocycles. The van der Waals surface area contributed by atoms with Gasteiger partial charge in [-0.1, -0.05) is 27.7 Å². The van der Waals surface area contributed by atoms with Gasteiger partial charge in [0, 0.05) is 16.7 Å². The lowest BCUT2D eigenvalue weighted by molar-refractivity contribution is -0.160. The third kappa shape index (κ3) is 9.36. The van der Waals surface area contributed by atoms with Gasteiger partial charge >= 0.3 is 11.9 Å². The molecule has 0 aliphatic carbocycles. The fraction of sp³-hybridized carbons (Fsp3) is 0.500. The van der Waals surface area contributed by atoms with Crippen molar-refractivity contribution in [2.24, 2.45) is 10.8 Å². The first-order valence-electron chi connectivity index (χ1n) is 14.1. The molecule has 0 unspecified atom stereocenters. The average Bonchev–Trinajstić information content (AvgIpc) is 2.90. The molecule has 0 radical (unpaired) electrons. The lowest BCUT2D eigenvalue weighted by Crippen LogP contribution is -2.25. The van der Waals surface area contributed by atoms with E-state index < -0.39 is 10.8 Å². The maximum atomic E-state index is 13.0. The summed E-state index contributed by atoms with van der Waals surface area (Å²) in [6.45, 7) is 18.4. The van der Waals surface area contributed by atoms with E-state index in [-0.39, 0.29) is 43.1 Å². The Labute approximate surface area is 250 Å². The topological polar surface area (TPSA) is 97.4 Å². The third-order valence-corrected chi connectivity index (χ3v) is 6.31. The third-order valence-electron chi connectivity index (χ3n) is 6.31. The highest BCUT2D eigenvalue weighted by molar-refractivity contribution is 6.07. The lowest BCUT2D eigenvalue weighted by Gasteiger charge is -2.25. The number of hydrogen-bond donors (Lipinski definition) is 0. The molecule has 0 saturated heterocycles. The quantitative estimate of drug-likeness (QED) is 0.109. The average molecular weight is 583 g/mol. The van der Waals surface area contributed by atoms with Gasteiger partial charge in [-0.15, -0.1) is 0 Å². The Bertz CT molecular complexity index is 1270. The predicted octanol–water partition coefficient (Wildman–Crippen LogP) is 7.69. The molecule has 2 aromatic rings. The van der Waals surface area contributed by atoms with E-state index >= 15 is 0 Å². The highest BCUT2D eigenvalue weighted by atomic mass is 16.7. The van der Waals surface area contributed by atoms with E-state index in [0.717, 1.165) is 16.7 Å². The summed E-state index contributed by atoms with van der Waals surface area (Å²) in [5.41, 5.74) is 1.69. The SMILES string of the molecule is COc1c(/C=C/C(=O)c2ccc(OCOC(=O)C(C)(C)C)cc2)cc(C(C)C)c(OCOC(=O)C(C)(C)C)c1C(C)C. The van der Waals surface area contributed by atoms with Crippen molar-refractivity contribution in [1.29, 1.82) is 0 Å². The standard InChI is InChI=1S/C34H46O8/c1-21(2)26-18-24(29(38-11)28(22(3)4)30(26)40-20-42-32(37)34(8,9)10)14-17-27(35)23-12-15-25(16-13-23)39-19-41-31(36)33(5,6)7/h12-18,21-22H,19-20H2,1-11H3/b17-14+. The van der Waals surface area contributed by atoms with Gasteiger partial charge in [0.2, 0.25) is 13.6 Å². The molecular weight excluding hydrogens is 536 g/mol. The predicted molar refractivity (Wildman–Crippen MR) is 163 cm³/mol. The highest BCUT2D eigenvalue weighted by Gasteiger charge is 2.26. The fourth-order valence-corrected chi connectivity index (χ4v) is 3.88. The molecule has 0 aliphatic rings. The second kappa shape index (κ2) is 14.4. The molecule has 2 rings (SSSR count). The Balaban J connectivity index is 2.28. The number of ketones is 1. The number of esters is 2. The van der Waals surface area contributed by atoms with Gasteiger partial charge in [0.25, 0.3) is 0 Å². The second-order valence-electron chi connectivity index (χ2n) is 12.8. The van der Waals surface area contributed by atoms with E-state index in [1.165, 1.54) is 6.08 Å². The number of carbonyl (C=O) groups is 3. The van der Waals surface area contributed by atoms with Crippen LogP contribution in [0.3, 0.4) is 0 Å². The maximum absolute atomic E-state index is 13.0. The van der Waals surface area contributed by atoms with Crippen molar-refractivity contribution in [3.8, 4) is 17.2 Å². The molecule has 0 aliphatic heterocycles. The molecule has 230 valence electrons. The first-order chi connectivity index (χ1) is 19.5. The van der Waals surface area contributed by atoms with Crippen molar-refractivity contribution in [2.45, 2.75) is 81.1 Å². The summed E-state index contributed by atoms with van der Waals surface area (Å²) < 4.78 is 27.9. The first-order valence-corrected chi connectivity index (χ1v) is 14.1. The summed E-state index contributed by atoms with van der Waals surface area (Å²) in [6.07, 6.45) is 3.23. The van der Waals surface area contributed by atoms with Crippen molar-refractivity contribution < 1.29 is 38.1 Å². The van der Waals surface area contributed by atoms with E-state index in [0.29, 0.717) is 22.8 Å². The maximum Gasteiger partial charge on any atom is 0.314 e. The second-order valence-corrected chi connectivity index (χ2v) is 12.8. The van der Waals surface area contributed by atoms with Crippen molar-refractivity contribution in [2.75, 3.05) is 20.7 Å². The summed E-state index contributed by atoms with van der Waals surface area (Å²) in [6, 6.07) is 8.55. The molecule has 42 heavy (non-hydrogen) atoms. The van der Waals surface area contributed by atoms with E-state index in [2.05, 4.69) is 0 Å². The van der Waals surface area contributed by atoms with Crippen LogP contribution in [0.4, 0.5) is 0 Å². The van der Waals surface area contributed by atoms with Crippen molar-refractivity contribution >= 4 is 23.8 Å². The van der Waals surface area contributed by atoms with Gasteiger partial charge in [0.15, 0.2) is 5.78 Å². The molecule has 0 saturated carbocycles. The van der Waals surface area contributed by atoms with Crippen LogP contribution in [-0.4, -0.2) is 38.4 Å². The summed E-state index contributed by atoms with van der Waals surface area (Å²) in [4.78, 5) is 37.2. The normalized spacial score (nSPS) is 12.0. The van der Waals surface area contributed by atoms with E-state index in [4.69, 9.17) is 23.7 Å². The van der Waals surface area contributed by atoms with Crippen LogP contribution in [0.2, 0.25) is 0 Å². The number of ether oxygens (including phenoxy) is 5. The summed E-state index contributed by atoms with van der Waals surface area (Å²) in [5.74, 6) is 0.868. The molecule has 0 amide bonds. The van der Waals surface area contributed by atoms with Crippen molar-refractivity contribution in [1.82, 2.24) is 0 Å². The van der Waals surface area contributed by atoms with Crippen LogP contribution in [-0.2, 0) is 19.1 Å². The molecule has 8 nitrogen and oxygen atoms in total. The zero-order chi connectivity index (χ0) is 31.8. The van der Waals surface area contributed by atoms with Gasteiger partial charge in [-0.2, -0.15) is 0 Å². The van der Waals surface area contributed by atoms with Gasteiger partial charge in [-0.3, -0.25) is 14.4 Å². The zero-order valence-corrected chi connectivity index (χ0v) is 26.9. The van der Waals surface area contributed by atoms with Crippen LogP contribution in [0.15, 0.2) is 36.4 Å². The Kier molecular flexibility index (Phi) is 11.8. The van der Waals surface area contributed by atoms with Crippen LogP contribution < -0.4 is 14.2 Å². The first kappa shape index (κ1) is 34.4. The number of benzene rings is 2. The molecule has 0 N–H and O–H groups in total. The summed E-state index contributed by atoms with van der Waals surface area (Å²) >= 11 is 0. The van der Waals surface area contributed by atoms with Crippen LogP contribution in [0.25, 0.3) is 6.08 Å².